The van der Waals surface area contributed by atoms with E-state index in [1.165, 1.54) is 51.1 Å². The van der Waals surface area contributed by atoms with Crippen LogP contribution in [0.1, 0.15) is 71.6 Å². The largest absolute Gasteiger partial charge is 0.462 e. The molecule has 0 saturated carbocycles. The fourth-order valence-electron chi connectivity index (χ4n) is 1.94. The third kappa shape index (κ3) is 12.0. The summed E-state index contributed by atoms with van der Waals surface area (Å²) in [4.78, 5) is 11.5. The minimum atomic E-state index is -0.539. The van der Waals surface area contributed by atoms with E-state index in [1.807, 2.05) is 13.0 Å². The molecular formula is C17H30N2O2. The van der Waals surface area contributed by atoms with Crippen LogP contribution in [-0.4, -0.2) is 19.1 Å². The van der Waals surface area contributed by atoms with E-state index in [9.17, 15) is 4.79 Å². The van der Waals surface area contributed by atoms with Crippen LogP contribution in [0.25, 0.3) is 0 Å². The Morgan fingerprint density at radius 2 is 1.67 bits per heavy atom. The van der Waals surface area contributed by atoms with E-state index in [-0.39, 0.29) is 5.57 Å². The first kappa shape index (κ1) is 19.5. The number of carbonyl (C=O) groups is 1. The summed E-state index contributed by atoms with van der Waals surface area (Å²) in [6.07, 6.45) is 12.4. The Morgan fingerprint density at radius 1 is 1.05 bits per heavy atom. The van der Waals surface area contributed by atoms with Gasteiger partial charge in [-0.05, 0) is 12.8 Å². The minimum Gasteiger partial charge on any atom is -0.462 e. The summed E-state index contributed by atoms with van der Waals surface area (Å²) in [6.45, 7) is 5.30. The number of nitriles is 1. The first-order valence-electron chi connectivity index (χ1n) is 8.27. The molecule has 0 amide bonds. The lowest BCUT2D eigenvalue weighted by molar-refractivity contribution is -0.138. The monoisotopic (exact) mass is 294 g/mol. The fourth-order valence-corrected chi connectivity index (χ4v) is 1.94. The molecule has 0 unspecified atom stereocenters. The molecule has 0 bridgehead atoms. The summed E-state index contributed by atoms with van der Waals surface area (Å²) in [5, 5.41) is 11.9. The van der Waals surface area contributed by atoms with E-state index in [2.05, 4.69) is 12.2 Å². The summed E-state index contributed by atoms with van der Waals surface area (Å²) >= 11 is 0. The van der Waals surface area contributed by atoms with Gasteiger partial charge in [-0.3, -0.25) is 0 Å². The lowest BCUT2D eigenvalue weighted by Crippen LogP contribution is -2.13. The maximum atomic E-state index is 11.5. The quantitative estimate of drug-likeness (QED) is 0.241. The van der Waals surface area contributed by atoms with Crippen LogP contribution >= 0.6 is 0 Å². The smallest absolute Gasteiger partial charge is 0.350 e. The molecule has 0 aromatic carbocycles. The number of esters is 1. The molecule has 21 heavy (non-hydrogen) atoms. The van der Waals surface area contributed by atoms with Gasteiger partial charge in [-0.15, -0.1) is 0 Å². The zero-order valence-corrected chi connectivity index (χ0v) is 13.6. The van der Waals surface area contributed by atoms with Crippen LogP contribution in [-0.2, 0) is 9.53 Å². The number of nitrogens with one attached hydrogen (secondary N) is 1. The molecule has 0 aromatic rings. The summed E-state index contributed by atoms with van der Waals surface area (Å²) in [5.74, 6) is -0.539. The van der Waals surface area contributed by atoms with Crippen LogP contribution in [0.4, 0.5) is 0 Å². The van der Waals surface area contributed by atoms with Crippen molar-refractivity contribution in [1.29, 1.82) is 5.26 Å². The molecule has 0 saturated heterocycles. The molecule has 0 aromatic heterocycles. The number of hydrogen-bond acceptors (Lipinski definition) is 4. The predicted molar refractivity (Wildman–Crippen MR) is 85.6 cm³/mol. The number of hydrogen-bond donors (Lipinski definition) is 1. The Bertz CT molecular complexity index is 332. The van der Waals surface area contributed by atoms with Gasteiger partial charge in [0.2, 0.25) is 0 Å². The number of carbonyl (C=O) groups excluding carboxylic acids is 1. The Hall–Kier alpha value is -1.50. The lowest BCUT2D eigenvalue weighted by atomic mass is 10.1. The van der Waals surface area contributed by atoms with E-state index in [0.29, 0.717) is 6.61 Å². The topological polar surface area (TPSA) is 62.1 Å². The Labute approximate surface area is 129 Å². The highest BCUT2D eigenvalue weighted by atomic mass is 16.5. The average Bonchev–Trinajstić information content (AvgIpc) is 2.50. The number of nitrogens with zero attached hydrogens (tertiary/aromatic N) is 1. The van der Waals surface area contributed by atoms with Gasteiger partial charge in [0.15, 0.2) is 5.57 Å². The fraction of sp³-hybridized carbons (Fsp3) is 0.765. The molecule has 0 rings (SSSR count). The van der Waals surface area contributed by atoms with Crippen LogP contribution in [0.2, 0.25) is 0 Å². The summed E-state index contributed by atoms with van der Waals surface area (Å²) in [6, 6.07) is 1.87. The van der Waals surface area contributed by atoms with E-state index in [0.717, 1.165) is 19.4 Å². The SMILES string of the molecule is CCCCCCCCCCN/C=C(\C#N)C(=O)OCCC. The van der Waals surface area contributed by atoms with Gasteiger partial charge >= 0.3 is 5.97 Å². The van der Waals surface area contributed by atoms with Gasteiger partial charge in [-0.2, -0.15) is 5.26 Å². The van der Waals surface area contributed by atoms with Crippen LogP contribution in [0, 0.1) is 11.3 Å². The number of rotatable bonds is 13. The van der Waals surface area contributed by atoms with Gasteiger partial charge in [0.25, 0.3) is 0 Å². The van der Waals surface area contributed by atoms with Crippen LogP contribution in [0.5, 0.6) is 0 Å². The molecule has 0 heterocycles. The molecule has 4 nitrogen and oxygen atoms in total. The second kappa shape index (κ2) is 14.9. The molecule has 0 aliphatic heterocycles. The Kier molecular flexibility index (Phi) is 13.8. The predicted octanol–water partition coefficient (Wildman–Crippen LogP) is 4.08. The molecule has 0 aliphatic rings. The van der Waals surface area contributed by atoms with Crippen molar-refractivity contribution in [2.24, 2.45) is 0 Å². The first-order valence-corrected chi connectivity index (χ1v) is 8.27. The third-order valence-electron chi connectivity index (χ3n) is 3.20. The van der Waals surface area contributed by atoms with E-state index >= 15 is 0 Å². The van der Waals surface area contributed by atoms with Crippen molar-refractivity contribution in [3.63, 3.8) is 0 Å². The molecule has 0 aliphatic carbocycles. The number of ether oxygens (including phenoxy) is 1. The molecule has 0 fully saturated rings. The lowest BCUT2D eigenvalue weighted by Gasteiger charge is -2.04. The van der Waals surface area contributed by atoms with Gasteiger partial charge in [0.05, 0.1) is 6.61 Å². The summed E-state index contributed by atoms with van der Waals surface area (Å²) < 4.78 is 4.92. The van der Waals surface area contributed by atoms with Crippen molar-refractivity contribution in [1.82, 2.24) is 5.32 Å². The molecule has 0 atom stereocenters. The highest BCUT2D eigenvalue weighted by molar-refractivity contribution is 5.92. The Balaban J connectivity index is 3.60. The molecule has 0 spiro atoms. The summed E-state index contributed by atoms with van der Waals surface area (Å²) in [5.41, 5.74) is 0.0445. The Morgan fingerprint density at radius 3 is 2.24 bits per heavy atom. The van der Waals surface area contributed by atoms with Gasteiger partial charge in [-0.1, -0.05) is 58.8 Å². The molecule has 120 valence electrons. The van der Waals surface area contributed by atoms with E-state index in [4.69, 9.17) is 10.00 Å². The standard InChI is InChI=1S/C17H30N2O2/c1-3-5-6-7-8-9-10-11-12-19-15-16(14-18)17(20)21-13-4-2/h15,19H,3-13H2,1-2H3/b16-15+. The van der Waals surface area contributed by atoms with Gasteiger partial charge in [-0.25, -0.2) is 4.79 Å². The second-order valence-electron chi connectivity index (χ2n) is 5.23. The zero-order chi connectivity index (χ0) is 15.8. The van der Waals surface area contributed by atoms with Crippen molar-refractivity contribution in [3.05, 3.63) is 11.8 Å². The molecule has 1 N–H and O–H groups in total. The minimum absolute atomic E-state index is 0.0445. The molecule has 0 radical (unpaired) electrons. The van der Waals surface area contributed by atoms with Crippen molar-refractivity contribution in [2.75, 3.05) is 13.2 Å². The maximum absolute atomic E-state index is 11.5. The third-order valence-corrected chi connectivity index (χ3v) is 3.20. The van der Waals surface area contributed by atoms with Gasteiger partial charge in [0, 0.05) is 12.7 Å². The van der Waals surface area contributed by atoms with Crippen molar-refractivity contribution in [3.8, 4) is 6.07 Å². The van der Waals surface area contributed by atoms with Crippen LogP contribution in [0.15, 0.2) is 11.8 Å². The summed E-state index contributed by atoms with van der Waals surface area (Å²) in [7, 11) is 0. The highest BCUT2D eigenvalue weighted by Gasteiger charge is 2.09. The first-order chi connectivity index (χ1) is 10.3. The highest BCUT2D eigenvalue weighted by Crippen LogP contribution is 2.07. The van der Waals surface area contributed by atoms with E-state index < -0.39 is 5.97 Å². The second-order valence-corrected chi connectivity index (χ2v) is 5.23. The number of unbranched alkanes of at least 4 members (excludes halogenated alkanes) is 7. The van der Waals surface area contributed by atoms with Crippen LogP contribution in [0.3, 0.4) is 0 Å². The van der Waals surface area contributed by atoms with Crippen molar-refractivity contribution in [2.45, 2.75) is 71.6 Å². The molecular weight excluding hydrogens is 264 g/mol. The average molecular weight is 294 g/mol. The zero-order valence-electron chi connectivity index (χ0n) is 13.6. The van der Waals surface area contributed by atoms with Crippen molar-refractivity contribution >= 4 is 5.97 Å². The van der Waals surface area contributed by atoms with Crippen molar-refractivity contribution < 1.29 is 9.53 Å². The van der Waals surface area contributed by atoms with Gasteiger partial charge in [0.1, 0.15) is 6.07 Å². The van der Waals surface area contributed by atoms with E-state index in [1.54, 1.807) is 0 Å². The normalized spacial score (nSPS) is 11.0. The van der Waals surface area contributed by atoms with Crippen LogP contribution < -0.4 is 5.32 Å². The van der Waals surface area contributed by atoms with Gasteiger partial charge < -0.3 is 10.1 Å². The molecule has 4 heteroatoms. The maximum Gasteiger partial charge on any atom is 0.350 e.